The standard InChI is InChI=1S/C14H13N3O3/c1-20-14-8-3-2-5-11(14)10-15-16-12-6-4-7-13(9-12)17(18)19/h2-10,16H,1H3/b15-10+. The van der Waals surface area contributed by atoms with Crippen LogP contribution in [0, 0.1) is 10.1 Å². The number of nitro benzene ring substituents is 1. The van der Waals surface area contributed by atoms with E-state index in [4.69, 9.17) is 4.74 Å². The van der Waals surface area contributed by atoms with Crippen molar-refractivity contribution in [2.24, 2.45) is 5.10 Å². The van der Waals surface area contributed by atoms with E-state index in [2.05, 4.69) is 10.5 Å². The monoisotopic (exact) mass is 271 g/mol. The van der Waals surface area contributed by atoms with Crippen molar-refractivity contribution >= 4 is 17.6 Å². The zero-order chi connectivity index (χ0) is 14.4. The number of para-hydroxylation sites is 1. The zero-order valence-electron chi connectivity index (χ0n) is 10.8. The summed E-state index contributed by atoms with van der Waals surface area (Å²) in [5.74, 6) is 0.706. The summed E-state index contributed by atoms with van der Waals surface area (Å²) in [5.41, 5.74) is 4.12. The molecule has 0 spiro atoms. The minimum Gasteiger partial charge on any atom is -0.496 e. The molecule has 0 amide bonds. The van der Waals surface area contributed by atoms with Crippen LogP contribution in [-0.4, -0.2) is 18.2 Å². The van der Waals surface area contributed by atoms with E-state index in [1.54, 1.807) is 25.5 Å². The van der Waals surface area contributed by atoms with Crippen LogP contribution in [0.5, 0.6) is 5.75 Å². The minimum absolute atomic E-state index is 0.0162. The molecule has 0 aromatic heterocycles. The van der Waals surface area contributed by atoms with Gasteiger partial charge in [-0.25, -0.2) is 0 Å². The van der Waals surface area contributed by atoms with Crippen molar-refractivity contribution in [1.82, 2.24) is 0 Å². The molecule has 20 heavy (non-hydrogen) atoms. The van der Waals surface area contributed by atoms with Crippen LogP contribution in [-0.2, 0) is 0 Å². The Morgan fingerprint density at radius 1 is 1.25 bits per heavy atom. The van der Waals surface area contributed by atoms with Crippen LogP contribution >= 0.6 is 0 Å². The molecule has 2 aromatic carbocycles. The van der Waals surface area contributed by atoms with Crippen molar-refractivity contribution in [2.45, 2.75) is 0 Å². The van der Waals surface area contributed by atoms with Gasteiger partial charge in [-0.1, -0.05) is 18.2 Å². The molecule has 0 saturated carbocycles. The highest BCUT2D eigenvalue weighted by atomic mass is 16.6. The van der Waals surface area contributed by atoms with Crippen LogP contribution in [0.3, 0.4) is 0 Å². The molecule has 0 fully saturated rings. The van der Waals surface area contributed by atoms with Gasteiger partial charge in [-0.2, -0.15) is 5.10 Å². The molecule has 0 aliphatic heterocycles. The molecule has 0 atom stereocenters. The van der Waals surface area contributed by atoms with Crippen LogP contribution < -0.4 is 10.2 Å². The van der Waals surface area contributed by atoms with Crippen LogP contribution in [0.2, 0.25) is 0 Å². The van der Waals surface area contributed by atoms with E-state index in [9.17, 15) is 10.1 Å². The van der Waals surface area contributed by atoms with E-state index >= 15 is 0 Å². The molecular formula is C14H13N3O3. The molecule has 1 N–H and O–H groups in total. The predicted molar refractivity (Wildman–Crippen MR) is 77.3 cm³/mol. The number of non-ortho nitro benzene ring substituents is 1. The van der Waals surface area contributed by atoms with Gasteiger partial charge in [0.05, 0.1) is 23.9 Å². The van der Waals surface area contributed by atoms with Gasteiger partial charge in [0, 0.05) is 17.7 Å². The number of hydrogen-bond acceptors (Lipinski definition) is 5. The number of hydrogen-bond donors (Lipinski definition) is 1. The Kier molecular flexibility index (Phi) is 4.28. The zero-order valence-corrected chi connectivity index (χ0v) is 10.8. The smallest absolute Gasteiger partial charge is 0.271 e. The maximum absolute atomic E-state index is 10.7. The summed E-state index contributed by atoms with van der Waals surface area (Å²) in [6.07, 6.45) is 1.59. The van der Waals surface area contributed by atoms with E-state index in [0.29, 0.717) is 11.4 Å². The van der Waals surface area contributed by atoms with Gasteiger partial charge in [0.25, 0.3) is 5.69 Å². The molecule has 0 aliphatic rings. The second-order valence-electron chi connectivity index (χ2n) is 3.92. The first-order valence-corrected chi connectivity index (χ1v) is 5.87. The van der Waals surface area contributed by atoms with Gasteiger partial charge >= 0.3 is 0 Å². The van der Waals surface area contributed by atoms with Crippen LogP contribution in [0.4, 0.5) is 11.4 Å². The first-order valence-electron chi connectivity index (χ1n) is 5.87. The fourth-order valence-corrected chi connectivity index (χ4v) is 1.64. The third-order valence-electron chi connectivity index (χ3n) is 2.59. The van der Waals surface area contributed by atoms with Gasteiger partial charge < -0.3 is 4.74 Å². The lowest BCUT2D eigenvalue weighted by Gasteiger charge is -2.03. The lowest BCUT2D eigenvalue weighted by Crippen LogP contribution is -1.94. The molecule has 2 rings (SSSR count). The molecule has 0 bridgehead atoms. The largest absolute Gasteiger partial charge is 0.496 e. The molecule has 0 heterocycles. The maximum atomic E-state index is 10.7. The van der Waals surface area contributed by atoms with Gasteiger partial charge in [0.1, 0.15) is 5.75 Å². The number of benzene rings is 2. The second-order valence-corrected chi connectivity index (χ2v) is 3.92. The van der Waals surface area contributed by atoms with Crippen molar-refractivity contribution in [3.63, 3.8) is 0 Å². The average molecular weight is 271 g/mol. The normalized spacial score (nSPS) is 10.4. The summed E-state index contributed by atoms with van der Waals surface area (Å²) >= 11 is 0. The van der Waals surface area contributed by atoms with E-state index in [1.807, 2.05) is 24.3 Å². The molecule has 6 nitrogen and oxygen atoms in total. The first kappa shape index (κ1) is 13.5. The van der Waals surface area contributed by atoms with Gasteiger partial charge in [0.15, 0.2) is 0 Å². The number of nitro groups is 1. The van der Waals surface area contributed by atoms with E-state index in [0.717, 1.165) is 5.56 Å². The summed E-state index contributed by atoms with van der Waals surface area (Å²) < 4.78 is 5.19. The Morgan fingerprint density at radius 2 is 2.05 bits per heavy atom. The maximum Gasteiger partial charge on any atom is 0.271 e. The lowest BCUT2D eigenvalue weighted by atomic mass is 10.2. The fourth-order valence-electron chi connectivity index (χ4n) is 1.64. The van der Waals surface area contributed by atoms with E-state index < -0.39 is 4.92 Å². The molecular weight excluding hydrogens is 258 g/mol. The topological polar surface area (TPSA) is 76.8 Å². The van der Waals surface area contributed by atoms with Crippen LogP contribution in [0.15, 0.2) is 53.6 Å². The molecule has 102 valence electrons. The minimum atomic E-state index is -0.449. The van der Waals surface area contributed by atoms with Crippen molar-refractivity contribution in [3.05, 3.63) is 64.2 Å². The highest BCUT2D eigenvalue weighted by Crippen LogP contribution is 2.18. The van der Waals surface area contributed by atoms with Gasteiger partial charge in [-0.05, 0) is 18.2 Å². The summed E-state index contributed by atoms with van der Waals surface area (Å²) in [4.78, 5) is 10.2. The Bertz CT molecular complexity index is 641. The van der Waals surface area contributed by atoms with Gasteiger partial charge in [-0.15, -0.1) is 0 Å². The van der Waals surface area contributed by atoms with Crippen molar-refractivity contribution in [2.75, 3.05) is 12.5 Å². The number of nitrogens with one attached hydrogen (secondary N) is 1. The van der Waals surface area contributed by atoms with Crippen LogP contribution in [0.25, 0.3) is 0 Å². The average Bonchev–Trinajstić information content (AvgIpc) is 2.48. The Labute approximate surface area is 115 Å². The molecule has 0 unspecified atom stereocenters. The van der Waals surface area contributed by atoms with E-state index in [1.165, 1.54) is 12.1 Å². The van der Waals surface area contributed by atoms with Crippen molar-refractivity contribution < 1.29 is 9.66 Å². The van der Waals surface area contributed by atoms with Crippen molar-refractivity contribution in [3.8, 4) is 5.75 Å². The lowest BCUT2D eigenvalue weighted by molar-refractivity contribution is -0.384. The quantitative estimate of drug-likeness (QED) is 0.515. The molecule has 6 heteroatoms. The third-order valence-corrected chi connectivity index (χ3v) is 2.59. The molecule has 2 aromatic rings. The summed E-state index contributed by atoms with van der Waals surface area (Å²) in [7, 11) is 1.58. The summed E-state index contributed by atoms with van der Waals surface area (Å²) in [6.45, 7) is 0. The van der Waals surface area contributed by atoms with Crippen LogP contribution in [0.1, 0.15) is 5.56 Å². The van der Waals surface area contributed by atoms with Gasteiger partial charge in [-0.3, -0.25) is 15.5 Å². The summed E-state index contributed by atoms with van der Waals surface area (Å²) in [6, 6.07) is 13.6. The number of rotatable bonds is 5. The number of methoxy groups -OCH3 is 1. The van der Waals surface area contributed by atoms with Crippen molar-refractivity contribution in [1.29, 1.82) is 0 Å². The Balaban J connectivity index is 2.10. The predicted octanol–water partition coefficient (Wildman–Crippen LogP) is 3.05. The number of anilines is 1. The Hall–Kier alpha value is -2.89. The van der Waals surface area contributed by atoms with Gasteiger partial charge in [0.2, 0.25) is 0 Å². The second kappa shape index (κ2) is 6.33. The fraction of sp³-hybridized carbons (Fsp3) is 0.0714. The molecule has 0 radical (unpaired) electrons. The number of nitrogens with zero attached hydrogens (tertiary/aromatic N) is 2. The van der Waals surface area contributed by atoms with E-state index in [-0.39, 0.29) is 5.69 Å². The summed E-state index contributed by atoms with van der Waals surface area (Å²) in [5, 5.41) is 14.7. The number of hydrazone groups is 1. The number of ether oxygens (including phenoxy) is 1. The third kappa shape index (κ3) is 3.32. The molecule has 0 saturated heterocycles. The first-order chi connectivity index (χ1) is 9.70. The Morgan fingerprint density at radius 3 is 2.80 bits per heavy atom. The SMILES string of the molecule is COc1ccccc1/C=N/Nc1cccc([N+](=O)[O-])c1. The highest BCUT2D eigenvalue weighted by Gasteiger charge is 2.04. The molecule has 0 aliphatic carbocycles. The highest BCUT2D eigenvalue weighted by molar-refractivity contribution is 5.84.